The largest absolute Gasteiger partial charge is 0.356 e. The van der Waals surface area contributed by atoms with Crippen molar-refractivity contribution < 1.29 is 4.79 Å². The third kappa shape index (κ3) is 5.01. The highest BCUT2D eigenvalue weighted by atomic mass is 16.1. The number of hydrogen-bond donors (Lipinski definition) is 1. The van der Waals surface area contributed by atoms with Crippen LogP contribution in [-0.2, 0) is 17.8 Å². The van der Waals surface area contributed by atoms with Gasteiger partial charge in [-0.05, 0) is 77.4 Å². The summed E-state index contributed by atoms with van der Waals surface area (Å²) in [4.78, 5) is 15.1. The number of carbonyl (C=O) groups is 1. The molecule has 3 rings (SSSR count). The van der Waals surface area contributed by atoms with Crippen molar-refractivity contribution in [1.29, 1.82) is 0 Å². The first-order valence-electron chi connectivity index (χ1n) is 10.6. The molecule has 0 aliphatic carbocycles. The van der Waals surface area contributed by atoms with Gasteiger partial charge < -0.3 is 10.2 Å². The second-order valence-corrected chi connectivity index (χ2v) is 8.56. The number of rotatable bonds is 7. The standard InChI is InChI=1S/C22H36N4O/c1-16(2)14-20-17(3)24-26(18(20)4)13-10-22(27)23-15-19-8-7-12-25-11-6-5-9-21(19)25/h19,21H,1,5-15H2,2-4H3,(H,23,27). The maximum absolute atomic E-state index is 12.4. The molecule has 27 heavy (non-hydrogen) atoms. The van der Waals surface area contributed by atoms with Gasteiger partial charge in [-0.15, -0.1) is 0 Å². The van der Waals surface area contributed by atoms with Crippen LogP contribution in [0.15, 0.2) is 12.2 Å². The molecule has 2 fully saturated rings. The Hall–Kier alpha value is -1.62. The zero-order chi connectivity index (χ0) is 19.4. The number of aryl methyl sites for hydroxylation is 2. The molecule has 1 N–H and O–H groups in total. The summed E-state index contributed by atoms with van der Waals surface area (Å²) in [5.74, 6) is 0.774. The van der Waals surface area contributed by atoms with Crippen LogP contribution in [0.3, 0.4) is 0 Å². The van der Waals surface area contributed by atoms with Crippen molar-refractivity contribution in [3.05, 3.63) is 29.1 Å². The third-order valence-electron chi connectivity index (χ3n) is 6.35. The Morgan fingerprint density at radius 3 is 2.78 bits per heavy atom. The average molecular weight is 373 g/mol. The number of carbonyl (C=O) groups excluding carboxylic acids is 1. The van der Waals surface area contributed by atoms with E-state index in [0.29, 0.717) is 24.9 Å². The van der Waals surface area contributed by atoms with Gasteiger partial charge in [-0.1, -0.05) is 18.6 Å². The minimum Gasteiger partial charge on any atom is -0.356 e. The Balaban J connectivity index is 1.48. The summed E-state index contributed by atoms with van der Waals surface area (Å²) in [5.41, 5.74) is 4.61. The Morgan fingerprint density at radius 1 is 1.22 bits per heavy atom. The van der Waals surface area contributed by atoms with Crippen molar-refractivity contribution >= 4 is 5.91 Å². The van der Waals surface area contributed by atoms with E-state index in [1.807, 2.05) is 18.5 Å². The molecule has 2 atom stereocenters. The number of amides is 1. The van der Waals surface area contributed by atoms with Crippen LogP contribution < -0.4 is 5.32 Å². The molecule has 2 aliphatic rings. The summed E-state index contributed by atoms with van der Waals surface area (Å²) in [6.07, 6.45) is 7.87. The first-order chi connectivity index (χ1) is 13.0. The highest BCUT2D eigenvalue weighted by Crippen LogP contribution is 2.30. The monoisotopic (exact) mass is 372 g/mol. The minimum absolute atomic E-state index is 0.150. The molecule has 0 bridgehead atoms. The molecule has 5 heteroatoms. The van der Waals surface area contributed by atoms with E-state index in [2.05, 4.69) is 28.8 Å². The van der Waals surface area contributed by atoms with Gasteiger partial charge in [0.15, 0.2) is 0 Å². The highest BCUT2D eigenvalue weighted by molar-refractivity contribution is 5.75. The second kappa shape index (κ2) is 9.05. The molecule has 0 spiro atoms. The lowest BCUT2D eigenvalue weighted by Crippen LogP contribution is -2.51. The van der Waals surface area contributed by atoms with Crippen LogP contribution in [0.25, 0.3) is 0 Å². The van der Waals surface area contributed by atoms with Crippen LogP contribution in [-0.4, -0.2) is 46.3 Å². The van der Waals surface area contributed by atoms with E-state index in [-0.39, 0.29) is 5.91 Å². The predicted molar refractivity (Wildman–Crippen MR) is 110 cm³/mol. The van der Waals surface area contributed by atoms with Crippen molar-refractivity contribution in [3.8, 4) is 0 Å². The lowest BCUT2D eigenvalue weighted by Gasteiger charge is -2.44. The summed E-state index contributed by atoms with van der Waals surface area (Å²) < 4.78 is 1.98. The van der Waals surface area contributed by atoms with Gasteiger partial charge in [0.25, 0.3) is 0 Å². The van der Waals surface area contributed by atoms with Gasteiger partial charge in [-0.2, -0.15) is 5.10 Å². The van der Waals surface area contributed by atoms with Crippen LogP contribution in [0.1, 0.15) is 62.4 Å². The van der Waals surface area contributed by atoms with Crippen molar-refractivity contribution in [2.24, 2.45) is 5.92 Å². The van der Waals surface area contributed by atoms with Gasteiger partial charge in [0, 0.05) is 31.2 Å². The van der Waals surface area contributed by atoms with Crippen LogP contribution in [0.4, 0.5) is 0 Å². The van der Waals surface area contributed by atoms with Gasteiger partial charge in [0.1, 0.15) is 0 Å². The lowest BCUT2D eigenvalue weighted by molar-refractivity contribution is -0.121. The highest BCUT2D eigenvalue weighted by Gasteiger charge is 2.32. The number of piperidine rings is 2. The van der Waals surface area contributed by atoms with E-state index in [4.69, 9.17) is 0 Å². The summed E-state index contributed by atoms with van der Waals surface area (Å²) in [7, 11) is 0. The van der Waals surface area contributed by atoms with E-state index in [1.54, 1.807) is 0 Å². The Morgan fingerprint density at radius 2 is 2.00 bits per heavy atom. The van der Waals surface area contributed by atoms with Crippen molar-refractivity contribution in [1.82, 2.24) is 20.0 Å². The fraction of sp³-hybridized carbons (Fsp3) is 0.727. The zero-order valence-corrected chi connectivity index (χ0v) is 17.4. The number of nitrogens with one attached hydrogen (secondary N) is 1. The third-order valence-corrected chi connectivity index (χ3v) is 6.35. The fourth-order valence-electron chi connectivity index (χ4n) is 4.87. The maximum atomic E-state index is 12.4. The molecule has 150 valence electrons. The lowest BCUT2D eigenvalue weighted by atomic mass is 9.83. The van der Waals surface area contributed by atoms with Crippen LogP contribution in [0, 0.1) is 19.8 Å². The van der Waals surface area contributed by atoms with Gasteiger partial charge in [-0.3, -0.25) is 9.48 Å². The number of fused-ring (bicyclic) bond motifs is 1. The summed E-state index contributed by atoms with van der Waals surface area (Å²) in [6, 6.07) is 0.688. The molecule has 5 nitrogen and oxygen atoms in total. The van der Waals surface area contributed by atoms with Gasteiger partial charge in [0.2, 0.25) is 5.91 Å². The van der Waals surface area contributed by atoms with E-state index < -0.39 is 0 Å². The molecular formula is C22H36N4O. The van der Waals surface area contributed by atoms with Gasteiger partial charge in [0.05, 0.1) is 5.69 Å². The molecule has 3 heterocycles. The Labute approximate surface area is 164 Å². The van der Waals surface area contributed by atoms with Gasteiger partial charge >= 0.3 is 0 Å². The summed E-state index contributed by atoms with van der Waals surface area (Å²) in [6.45, 7) is 14.2. The molecule has 2 unspecified atom stereocenters. The maximum Gasteiger partial charge on any atom is 0.221 e. The van der Waals surface area contributed by atoms with Crippen molar-refractivity contribution in [3.63, 3.8) is 0 Å². The van der Waals surface area contributed by atoms with Crippen LogP contribution in [0.2, 0.25) is 0 Å². The first kappa shape index (κ1) is 20.1. The molecule has 0 aromatic carbocycles. The molecule has 2 aliphatic heterocycles. The SMILES string of the molecule is C=C(C)Cc1c(C)nn(CCC(=O)NCC2CCCN3CCCCC23)c1C. The van der Waals surface area contributed by atoms with E-state index in [0.717, 1.165) is 29.9 Å². The zero-order valence-electron chi connectivity index (χ0n) is 17.4. The molecular weight excluding hydrogens is 336 g/mol. The number of nitrogens with zero attached hydrogens (tertiary/aromatic N) is 3. The predicted octanol–water partition coefficient (Wildman–Crippen LogP) is 3.39. The molecule has 1 aromatic heterocycles. The normalized spacial score (nSPS) is 23.1. The number of hydrogen-bond acceptors (Lipinski definition) is 3. The minimum atomic E-state index is 0.150. The van der Waals surface area contributed by atoms with E-state index in [1.165, 1.54) is 50.8 Å². The Kier molecular flexibility index (Phi) is 6.74. The first-order valence-corrected chi connectivity index (χ1v) is 10.6. The molecule has 0 radical (unpaired) electrons. The summed E-state index contributed by atoms with van der Waals surface area (Å²) in [5, 5.41) is 7.84. The average Bonchev–Trinajstić information content (AvgIpc) is 2.91. The topological polar surface area (TPSA) is 50.2 Å². The summed E-state index contributed by atoms with van der Waals surface area (Å²) >= 11 is 0. The fourth-order valence-corrected chi connectivity index (χ4v) is 4.87. The smallest absolute Gasteiger partial charge is 0.221 e. The quantitative estimate of drug-likeness (QED) is 0.747. The van der Waals surface area contributed by atoms with Crippen LogP contribution >= 0.6 is 0 Å². The van der Waals surface area contributed by atoms with Crippen LogP contribution in [0.5, 0.6) is 0 Å². The molecule has 1 amide bonds. The Bertz CT molecular complexity index is 676. The second-order valence-electron chi connectivity index (χ2n) is 8.56. The van der Waals surface area contributed by atoms with Crippen molar-refractivity contribution in [2.75, 3.05) is 19.6 Å². The van der Waals surface area contributed by atoms with E-state index in [9.17, 15) is 4.79 Å². The van der Waals surface area contributed by atoms with E-state index >= 15 is 0 Å². The number of allylic oxidation sites excluding steroid dienone is 1. The molecule has 2 saturated heterocycles. The molecule has 0 saturated carbocycles. The number of aromatic nitrogens is 2. The van der Waals surface area contributed by atoms with Gasteiger partial charge in [-0.25, -0.2) is 0 Å². The van der Waals surface area contributed by atoms with Crippen molar-refractivity contribution in [2.45, 2.75) is 78.3 Å². The molecule has 1 aromatic rings.